The summed E-state index contributed by atoms with van der Waals surface area (Å²) in [6.45, 7) is 10.1. The molecule has 0 spiro atoms. The number of amides is 1. The molecule has 0 aliphatic heterocycles. The first kappa shape index (κ1) is 17.4. The Balaban J connectivity index is 5.22. The molecule has 110 valence electrons. The van der Waals surface area contributed by atoms with Gasteiger partial charge in [0.2, 0.25) is 0 Å². The maximum absolute atomic E-state index is 11.8. The van der Waals surface area contributed by atoms with Gasteiger partial charge < -0.3 is 20.0 Å². The molecule has 2 N–H and O–H groups in total. The quantitative estimate of drug-likeness (QED) is 0.764. The van der Waals surface area contributed by atoms with Crippen LogP contribution in [0.4, 0.5) is 4.79 Å². The molecule has 19 heavy (non-hydrogen) atoms. The third-order valence-corrected chi connectivity index (χ3v) is 2.69. The zero-order chi connectivity index (χ0) is 15.5. The van der Waals surface area contributed by atoms with Gasteiger partial charge in [0, 0.05) is 0 Å². The molecule has 0 aromatic carbocycles. The van der Waals surface area contributed by atoms with Crippen molar-refractivity contribution in [1.29, 1.82) is 0 Å². The fourth-order valence-electron chi connectivity index (χ4n) is 1.47. The van der Waals surface area contributed by atoms with E-state index >= 15 is 0 Å². The van der Waals surface area contributed by atoms with Gasteiger partial charge in [-0.05, 0) is 26.2 Å². The largest absolute Gasteiger partial charge is 0.481 e. The minimum absolute atomic E-state index is 0.463. The van der Waals surface area contributed by atoms with Crippen LogP contribution in [0.2, 0.25) is 0 Å². The Hall–Kier alpha value is -1.59. The van der Waals surface area contributed by atoms with Crippen molar-refractivity contribution in [1.82, 2.24) is 5.32 Å². The predicted octanol–water partition coefficient (Wildman–Crippen LogP) is 1.97. The van der Waals surface area contributed by atoms with Crippen molar-refractivity contribution < 1.29 is 24.2 Å². The van der Waals surface area contributed by atoms with Crippen molar-refractivity contribution in [3.05, 3.63) is 0 Å². The molecule has 0 saturated heterocycles. The Bertz CT molecular complexity index is 364. The van der Waals surface area contributed by atoms with Gasteiger partial charge in [0.05, 0.1) is 6.42 Å². The number of ether oxygens (including phenoxy) is 1. The number of hydrogen-bond donors (Lipinski definition) is 2. The molecule has 6 nitrogen and oxygen atoms in total. The number of carboxylic acid groups (broad SMARTS) is 1. The topological polar surface area (TPSA) is 92.7 Å². The van der Waals surface area contributed by atoms with E-state index in [2.05, 4.69) is 5.32 Å². The van der Waals surface area contributed by atoms with E-state index in [-0.39, 0.29) is 0 Å². The standard InChI is InChI=1S/C13H23NO5/c1-11(2,3)13(8-15,7-9(16)17)14-10(18)19-12(4,5)6/h8H,7H2,1-6H3,(H,14,18)(H,16,17)/t13-/m1/s1. The highest BCUT2D eigenvalue weighted by atomic mass is 16.6. The van der Waals surface area contributed by atoms with Crippen LogP contribution in [0.15, 0.2) is 0 Å². The summed E-state index contributed by atoms with van der Waals surface area (Å²) in [4.78, 5) is 34.1. The predicted molar refractivity (Wildman–Crippen MR) is 69.9 cm³/mol. The number of hydrogen-bond acceptors (Lipinski definition) is 4. The second-order valence-electron chi connectivity index (χ2n) is 6.54. The van der Waals surface area contributed by atoms with Crippen molar-refractivity contribution >= 4 is 18.3 Å². The lowest BCUT2D eigenvalue weighted by molar-refractivity contribution is -0.142. The van der Waals surface area contributed by atoms with Gasteiger partial charge in [-0.3, -0.25) is 4.79 Å². The first-order chi connectivity index (χ1) is 8.33. The van der Waals surface area contributed by atoms with E-state index in [4.69, 9.17) is 9.84 Å². The van der Waals surface area contributed by atoms with E-state index in [9.17, 15) is 14.4 Å². The molecule has 0 aliphatic rings. The number of nitrogens with one attached hydrogen (secondary N) is 1. The van der Waals surface area contributed by atoms with Gasteiger partial charge in [-0.1, -0.05) is 20.8 Å². The van der Waals surface area contributed by atoms with Crippen LogP contribution in [-0.2, 0) is 14.3 Å². The van der Waals surface area contributed by atoms with Gasteiger partial charge >= 0.3 is 12.1 Å². The van der Waals surface area contributed by atoms with Crippen LogP contribution >= 0.6 is 0 Å². The monoisotopic (exact) mass is 273 g/mol. The lowest BCUT2D eigenvalue weighted by Gasteiger charge is -2.40. The summed E-state index contributed by atoms with van der Waals surface area (Å²) in [7, 11) is 0. The summed E-state index contributed by atoms with van der Waals surface area (Å²) >= 11 is 0. The van der Waals surface area contributed by atoms with Gasteiger partial charge in [-0.15, -0.1) is 0 Å². The minimum Gasteiger partial charge on any atom is -0.481 e. The normalized spacial score (nSPS) is 15.3. The highest BCUT2D eigenvalue weighted by Gasteiger charge is 2.46. The van der Waals surface area contributed by atoms with E-state index in [0.29, 0.717) is 6.29 Å². The van der Waals surface area contributed by atoms with E-state index < -0.39 is 35.0 Å². The molecule has 0 aromatic heterocycles. The lowest BCUT2D eigenvalue weighted by atomic mass is 9.72. The molecular formula is C13H23NO5. The van der Waals surface area contributed by atoms with Crippen LogP contribution in [-0.4, -0.2) is 34.6 Å². The Labute approximate surface area is 113 Å². The summed E-state index contributed by atoms with van der Waals surface area (Å²) in [6.07, 6.45) is -0.847. The van der Waals surface area contributed by atoms with Gasteiger partial charge in [0.15, 0.2) is 0 Å². The summed E-state index contributed by atoms with van der Waals surface area (Å²) in [5.41, 5.74) is -3.00. The van der Waals surface area contributed by atoms with Crippen molar-refractivity contribution in [2.45, 2.75) is 59.1 Å². The summed E-state index contributed by atoms with van der Waals surface area (Å²) in [6, 6.07) is 0. The summed E-state index contributed by atoms with van der Waals surface area (Å²) in [5, 5.41) is 11.3. The fraction of sp³-hybridized carbons (Fsp3) is 0.769. The van der Waals surface area contributed by atoms with Crippen LogP contribution in [0.1, 0.15) is 48.0 Å². The molecule has 0 rings (SSSR count). The average molecular weight is 273 g/mol. The maximum Gasteiger partial charge on any atom is 0.408 e. The SMILES string of the molecule is CC(C)(C)OC(=O)N[C@@](C=O)(CC(=O)O)C(C)(C)C. The Morgan fingerprint density at radius 3 is 1.89 bits per heavy atom. The molecular weight excluding hydrogens is 250 g/mol. The van der Waals surface area contributed by atoms with Crippen LogP contribution in [0.25, 0.3) is 0 Å². The van der Waals surface area contributed by atoms with Gasteiger partial charge in [0.1, 0.15) is 17.4 Å². The number of carbonyl (C=O) groups excluding carboxylic acids is 2. The van der Waals surface area contributed by atoms with Gasteiger partial charge in [-0.2, -0.15) is 0 Å². The number of carbonyl (C=O) groups is 3. The Morgan fingerprint density at radius 1 is 1.16 bits per heavy atom. The maximum atomic E-state index is 11.8. The van der Waals surface area contributed by atoms with Crippen LogP contribution in [0.3, 0.4) is 0 Å². The van der Waals surface area contributed by atoms with Crippen molar-refractivity contribution in [2.24, 2.45) is 5.41 Å². The molecule has 0 heterocycles. The zero-order valence-corrected chi connectivity index (χ0v) is 12.4. The van der Waals surface area contributed by atoms with Crippen molar-refractivity contribution in [3.8, 4) is 0 Å². The second kappa shape index (κ2) is 5.59. The molecule has 0 aromatic rings. The number of alkyl carbamates (subject to hydrolysis) is 1. The third kappa shape index (κ3) is 5.28. The molecule has 0 bridgehead atoms. The highest BCUT2D eigenvalue weighted by Crippen LogP contribution is 2.32. The van der Waals surface area contributed by atoms with E-state index in [0.717, 1.165) is 0 Å². The van der Waals surface area contributed by atoms with E-state index in [1.54, 1.807) is 41.5 Å². The first-order valence-corrected chi connectivity index (χ1v) is 6.02. The number of rotatable bonds is 4. The molecule has 1 atom stereocenters. The third-order valence-electron chi connectivity index (χ3n) is 2.69. The molecule has 1 amide bonds. The minimum atomic E-state index is -1.51. The molecule has 0 unspecified atom stereocenters. The number of aldehydes is 1. The fourth-order valence-corrected chi connectivity index (χ4v) is 1.47. The zero-order valence-electron chi connectivity index (χ0n) is 12.4. The molecule has 0 fully saturated rings. The molecule has 6 heteroatoms. The summed E-state index contributed by atoms with van der Waals surface area (Å²) < 4.78 is 5.07. The summed E-state index contributed by atoms with van der Waals surface area (Å²) in [5.74, 6) is -1.17. The lowest BCUT2D eigenvalue weighted by Crippen LogP contribution is -2.60. The van der Waals surface area contributed by atoms with Crippen LogP contribution in [0, 0.1) is 5.41 Å². The molecule has 0 aliphatic carbocycles. The van der Waals surface area contributed by atoms with Crippen molar-refractivity contribution in [3.63, 3.8) is 0 Å². The Morgan fingerprint density at radius 2 is 1.63 bits per heavy atom. The number of aliphatic carboxylic acids is 1. The highest BCUT2D eigenvalue weighted by molar-refractivity contribution is 5.83. The van der Waals surface area contributed by atoms with Crippen LogP contribution in [0.5, 0.6) is 0 Å². The number of carboxylic acids is 1. The second-order valence-corrected chi connectivity index (χ2v) is 6.54. The van der Waals surface area contributed by atoms with Crippen molar-refractivity contribution in [2.75, 3.05) is 0 Å². The average Bonchev–Trinajstić information content (AvgIpc) is 2.10. The van der Waals surface area contributed by atoms with Gasteiger partial charge in [0.25, 0.3) is 0 Å². The van der Waals surface area contributed by atoms with E-state index in [1.807, 2.05) is 0 Å². The molecule has 0 radical (unpaired) electrons. The smallest absolute Gasteiger partial charge is 0.408 e. The van der Waals surface area contributed by atoms with Gasteiger partial charge in [-0.25, -0.2) is 4.79 Å². The first-order valence-electron chi connectivity index (χ1n) is 6.02. The van der Waals surface area contributed by atoms with E-state index in [1.165, 1.54) is 0 Å². The van der Waals surface area contributed by atoms with Crippen LogP contribution < -0.4 is 5.32 Å². The molecule has 0 saturated carbocycles. The Kier molecular flexibility index (Phi) is 5.12.